The molecule has 0 amide bonds. The fraction of sp³-hybridized carbons (Fsp3) is 1.00. The Morgan fingerprint density at radius 1 is 1.29 bits per heavy atom. The average Bonchev–Trinajstić information content (AvgIpc) is 2.79. The number of nitrogens with zero attached hydrogens (tertiary/aromatic N) is 2. The fourth-order valence-corrected chi connectivity index (χ4v) is 3.00. The summed E-state index contributed by atoms with van der Waals surface area (Å²) in [7, 11) is 2.10. The Morgan fingerprint density at radius 3 is 2.53 bits per heavy atom. The molecule has 0 aromatic rings. The molecule has 2 atom stereocenters. The topological polar surface area (TPSA) is 18.5 Å². The van der Waals surface area contributed by atoms with Crippen LogP contribution in [0.3, 0.4) is 0 Å². The van der Waals surface area contributed by atoms with Gasteiger partial charge in [0, 0.05) is 25.2 Å². The molecule has 0 bridgehead atoms. The Kier molecular flexibility index (Phi) is 7.09. The quantitative estimate of drug-likeness (QED) is 0.699. The van der Waals surface area contributed by atoms with Gasteiger partial charge in [0.15, 0.2) is 0 Å². The maximum atomic E-state index is 3.45. The minimum absolute atomic E-state index is 0.676. The Hall–Kier alpha value is -0.120. The van der Waals surface area contributed by atoms with Crippen LogP contribution in [0, 0.1) is 0 Å². The van der Waals surface area contributed by atoms with Crippen LogP contribution in [-0.4, -0.2) is 61.7 Å². The molecule has 3 heteroatoms. The third-order valence-corrected chi connectivity index (χ3v) is 4.10. The molecular weight excluding hydrogens is 210 g/mol. The zero-order valence-corrected chi connectivity index (χ0v) is 12.2. The summed E-state index contributed by atoms with van der Waals surface area (Å²) >= 11 is 0. The first-order chi connectivity index (χ1) is 8.24. The second-order valence-electron chi connectivity index (χ2n) is 5.20. The third-order valence-electron chi connectivity index (χ3n) is 4.10. The molecule has 1 rings (SSSR count). The van der Waals surface area contributed by atoms with E-state index in [0.29, 0.717) is 6.04 Å². The van der Waals surface area contributed by atoms with Gasteiger partial charge in [-0.15, -0.1) is 0 Å². The van der Waals surface area contributed by atoms with E-state index in [-0.39, 0.29) is 0 Å². The van der Waals surface area contributed by atoms with Gasteiger partial charge in [-0.25, -0.2) is 0 Å². The van der Waals surface area contributed by atoms with Gasteiger partial charge in [-0.2, -0.15) is 0 Å². The van der Waals surface area contributed by atoms with Crippen LogP contribution in [0.2, 0.25) is 0 Å². The lowest BCUT2D eigenvalue weighted by Crippen LogP contribution is -2.41. The van der Waals surface area contributed by atoms with Crippen molar-refractivity contribution in [2.24, 2.45) is 0 Å². The summed E-state index contributed by atoms with van der Waals surface area (Å²) < 4.78 is 0. The average molecular weight is 241 g/mol. The van der Waals surface area contributed by atoms with Crippen molar-refractivity contribution in [3.8, 4) is 0 Å². The van der Waals surface area contributed by atoms with Crippen LogP contribution < -0.4 is 5.32 Å². The van der Waals surface area contributed by atoms with E-state index in [2.05, 4.69) is 42.9 Å². The number of hydrogen-bond acceptors (Lipinski definition) is 3. The fourth-order valence-electron chi connectivity index (χ4n) is 3.00. The summed E-state index contributed by atoms with van der Waals surface area (Å²) in [6.07, 6.45) is 3.92. The summed E-state index contributed by atoms with van der Waals surface area (Å²) in [5.41, 5.74) is 0. The van der Waals surface area contributed by atoms with Crippen molar-refractivity contribution in [3.05, 3.63) is 0 Å². The molecule has 0 spiro atoms. The van der Waals surface area contributed by atoms with E-state index in [1.807, 2.05) is 0 Å². The van der Waals surface area contributed by atoms with Gasteiger partial charge in [0.25, 0.3) is 0 Å². The lowest BCUT2D eigenvalue weighted by molar-refractivity contribution is 0.204. The van der Waals surface area contributed by atoms with Gasteiger partial charge in [0.05, 0.1) is 0 Å². The number of likely N-dealkylation sites (tertiary alicyclic amines) is 1. The molecular formula is C14H31N3. The van der Waals surface area contributed by atoms with Crippen LogP contribution in [0.25, 0.3) is 0 Å². The molecule has 0 saturated carbocycles. The van der Waals surface area contributed by atoms with Crippen molar-refractivity contribution in [1.82, 2.24) is 15.1 Å². The first-order valence-corrected chi connectivity index (χ1v) is 7.38. The van der Waals surface area contributed by atoms with Crippen LogP contribution in [0.15, 0.2) is 0 Å². The maximum absolute atomic E-state index is 3.45. The Balaban J connectivity index is 2.33. The zero-order valence-electron chi connectivity index (χ0n) is 12.2. The summed E-state index contributed by atoms with van der Waals surface area (Å²) in [5.74, 6) is 0. The highest BCUT2D eigenvalue weighted by atomic mass is 15.3. The zero-order chi connectivity index (χ0) is 12.7. The van der Waals surface area contributed by atoms with E-state index in [1.54, 1.807) is 0 Å². The van der Waals surface area contributed by atoms with Crippen molar-refractivity contribution in [3.63, 3.8) is 0 Å². The standard InChI is InChI=1S/C14H31N3/c1-5-8-13(15-4)11-16-10-9-14(12-16)17(6-2)7-3/h13-15H,5-12H2,1-4H3. The largest absolute Gasteiger partial charge is 0.316 e. The summed E-state index contributed by atoms with van der Waals surface area (Å²) in [5, 5.41) is 3.45. The number of hydrogen-bond donors (Lipinski definition) is 1. The maximum Gasteiger partial charge on any atom is 0.0235 e. The molecule has 0 aromatic carbocycles. The first-order valence-electron chi connectivity index (χ1n) is 7.38. The molecule has 1 aliphatic rings. The van der Waals surface area contributed by atoms with E-state index >= 15 is 0 Å². The highest BCUT2D eigenvalue weighted by Gasteiger charge is 2.26. The van der Waals surface area contributed by atoms with Crippen molar-refractivity contribution in [1.29, 1.82) is 0 Å². The van der Waals surface area contributed by atoms with Gasteiger partial charge >= 0.3 is 0 Å². The second-order valence-corrected chi connectivity index (χ2v) is 5.20. The van der Waals surface area contributed by atoms with E-state index in [0.717, 1.165) is 6.04 Å². The van der Waals surface area contributed by atoms with E-state index in [9.17, 15) is 0 Å². The van der Waals surface area contributed by atoms with Crippen LogP contribution in [0.4, 0.5) is 0 Å². The minimum Gasteiger partial charge on any atom is -0.316 e. The Morgan fingerprint density at radius 2 is 2.00 bits per heavy atom. The third kappa shape index (κ3) is 4.57. The van der Waals surface area contributed by atoms with E-state index < -0.39 is 0 Å². The molecule has 1 N–H and O–H groups in total. The van der Waals surface area contributed by atoms with Crippen LogP contribution in [-0.2, 0) is 0 Å². The molecule has 1 saturated heterocycles. The number of rotatable bonds is 8. The Bertz CT molecular complexity index is 192. The van der Waals surface area contributed by atoms with Crippen LogP contribution >= 0.6 is 0 Å². The monoisotopic (exact) mass is 241 g/mol. The van der Waals surface area contributed by atoms with Crippen molar-refractivity contribution < 1.29 is 0 Å². The van der Waals surface area contributed by atoms with E-state index in [1.165, 1.54) is 52.0 Å². The van der Waals surface area contributed by atoms with Gasteiger partial charge in [-0.3, -0.25) is 4.90 Å². The normalized spacial score (nSPS) is 23.5. The SMILES string of the molecule is CCCC(CN1CCC(N(CC)CC)C1)NC. The smallest absolute Gasteiger partial charge is 0.0235 e. The molecule has 0 aromatic heterocycles. The molecule has 102 valence electrons. The van der Waals surface area contributed by atoms with Gasteiger partial charge in [-0.1, -0.05) is 27.2 Å². The van der Waals surface area contributed by atoms with Crippen molar-refractivity contribution in [2.75, 3.05) is 39.8 Å². The van der Waals surface area contributed by atoms with Gasteiger partial charge in [0.2, 0.25) is 0 Å². The molecule has 2 unspecified atom stereocenters. The predicted octanol–water partition coefficient (Wildman–Crippen LogP) is 1.79. The predicted molar refractivity (Wildman–Crippen MR) is 75.5 cm³/mol. The minimum atomic E-state index is 0.676. The van der Waals surface area contributed by atoms with Gasteiger partial charge in [-0.05, 0) is 39.5 Å². The van der Waals surface area contributed by atoms with Gasteiger partial charge < -0.3 is 10.2 Å². The first kappa shape index (κ1) is 14.9. The number of nitrogens with one attached hydrogen (secondary N) is 1. The van der Waals surface area contributed by atoms with E-state index in [4.69, 9.17) is 0 Å². The highest BCUT2D eigenvalue weighted by Crippen LogP contribution is 2.16. The Labute approximate surface area is 108 Å². The summed E-state index contributed by atoms with van der Waals surface area (Å²) in [4.78, 5) is 5.24. The molecule has 3 nitrogen and oxygen atoms in total. The second kappa shape index (κ2) is 8.06. The van der Waals surface area contributed by atoms with Crippen LogP contribution in [0.5, 0.6) is 0 Å². The molecule has 17 heavy (non-hydrogen) atoms. The van der Waals surface area contributed by atoms with Crippen LogP contribution in [0.1, 0.15) is 40.0 Å². The molecule has 1 fully saturated rings. The van der Waals surface area contributed by atoms with Crippen molar-refractivity contribution in [2.45, 2.75) is 52.1 Å². The number of likely N-dealkylation sites (N-methyl/N-ethyl adjacent to an activating group) is 2. The van der Waals surface area contributed by atoms with Crippen molar-refractivity contribution >= 4 is 0 Å². The lowest BCUT2D eigenvalue weighted by Gasteiger charge is -2.27. The molecule has 1 heterocycles. The molecule has 1 aliphatic heterocycles. The van der Waals surface area contributed by atoms with Gasteiger partial charge in [0.1, 0.15) is 0 Å². The summed E-state index contributed by atoms with van der Waals surface area (Å²) in [6.45, 7) is 13.0. The molecule has 0 radical (unpaired) electrons. The highest BCUT2D eigenvalue weighted by molar-refractivity contribution is 4.84. The molecule has 0 aliphatic carbocycles. The lowest BCUT2D eigenvalue weighted by atomic mass is 10.1. The summed E-state index contributed by atoms with van der Waals surface area (Å²) in [6, 6.07) is 1.47.